The molecule has 4 nitrogen and oxygen atoms in total. The number of fused-ring (bicyclic) bond motifs is 4. The molecule has 6 rings (SSSR count). The number of hydrogen-bond donors (Lipinski definition) is 2. The molecular formula is C47H52O4. The van der Waals surface area contributed by atoms with Gasteiger partial charge in [0, 0.05) is 11.5 Å². The lowest BCUT2D eigenvalue weighted by Gasteiger charge is -2.33. The average molecular weight is 681 g/mol. The highest BCUT2D eigenvalue weighted by Gasteiger charge is 2.52. The summed E-state index contributed by atoms with van der Waals surface area (Å²) in [4.78, 5) is 28.1. The van der Waals surface area contributed by atoms with Crippen LogP contribution in [0.25, 0.3) is 43.1 Å². The molecule has 2 atom stereocenters. The highest BCUT2D eigenvalue weighted by molar-refractivity contribution is 6.21. The number of carboxylic acids is 1. The number of hydrogen-bond acceptors (Lipinski definition) is 3. The number of carbonyl (C=O) groups excluding carboxylic acids is 1. The quantitative estimate of drug-likeness (QED) is 0.0386. The van der Waals surface area contributed by atoms with Crippen molar-refractivity contribution in [3.05, 3.63) is 120 Å². The first-order valence-electron chi connectivity index (χ1n) is 19.3. The first-order chi connectivity index (χ1) is 24.9. The zero-order valence-corrected chi connectivity index (χ0v) is 30.1. The highest BCUT2D eigenvalue weighted by atomic mass is 16.4. The Morgan fingerprint density at radius 3 is 1.49 bits per heavy atom. The molecule has 2 N–H and O–H groups in total. The minimum Gasteiger partial charge on any atom is -0.479 e. The standard InChI is InChI=1S/C47H52O4/c1-2-3-4-5-6-7-8-9-10-11-12-13-14-29-44(40-27-19-25-38-30-34-21-15-17-23-36(34)32-42(38)40)47(51,46(49)50)45(48)41-28-20-26-39-31-35-22-16-18-24-37(35)33-43(39)41/h15-28,30-33,44,51H,2-14,29H2,1H3,(H,49,50). The maximum absolute atomic E-state index is 14.7. The monoisotopic (exact) mass is 680 g/mol. The number of carbonyl (C=O) groups is 2. The van der Waals surface area contributed by atoms with Gasteiger partial charge < -0.3 is 10.2 Å². The lowest BCUT2D eigenvalue weighted by Crippen LogP contribution is -2.51. The van der Waals surface area contributed by atoms with Crippen LogP contribution in [0.5, 0.6) is 0 Å². The predicted octanol–water partition coefficient (Wildman–Crippen LogP) is 12.6. The third kappa shape index (κ3) is 8.18. The van der Waals surface area contributed by atoms with Crippen LogP contribution >= 0.6 is 0 Å². The predicted molar refractivity (Wildman–Crippen MR) is 213 cm³/mol. The summed E-state index contributed by atoms with van der Waals surface area (Å²) >= 11 is 0. The minimum absolute atomic E-state index is 0.226. The molecule has 0 aliphatic heterocycles. The Balaban J connectivity index is 1.28. The highest BCUT2D eigenvalue weighted by Crippen LogP contribution is 2.42. The average Bonchev–Trinajstić information content (AvgIpc) is 3.15. The normalized spacial score (nSPS) is 13.5. The van der Waals surface area contributed by atoms with E-state index in [0.717, 1.165) is 63.4 Å². The van der Waals surface area contributed by atoms with E-state index in [-0.39, 0.29) is 5.56 Å². The Kier molecular flexibility index (Phi) is 12.2. The Morgan fingerprint density at radius 1 is 0.529 bits per heavy atom. The van der Waals surface area contributed by atoms with Crippen LogP contribution in [0.3, 0.4) is 0 Å². The van der Waals surface area contributed by atoms with Crippen LogP contribution in [-0.2, 0) is 4.79 Å². The molecule has 0 bridgehead atoms. The number of aliphatic hydroxyl groups is 1. The van der Waals surface area contributed by atoms with Crippen molar-refractivity contribution < 1.29 is 19.8 Å². The topological polar surface area (TPSA) is 74.6 Å². The number of aliphatic carboxylic acids is 1. The first kappa shape index (κ1) is 36.3. The van der Waals surface area contributed by atoms with Gasteiger partial charge in [0.05, 0.1) is 0 Å². The summed E-state index contributed by atoms with van der Waals surface area (Å²) in [5, 5.41) is 30.8. The van der Waals surface area contributed by atoms with Gasteiger partial charge in [-0.2, -0.15) is 0 Å². The molecule has 0 aromatic heterocycles. The molecular weight excluding hydrogens is 629 g/mol. The third-order valence-electron chi connectivity index (χ3n) is 10.9. The molecule has 6 aromatic carbocycles. The maximum Gasteiger partial charge on any atom is 0.344 e. The Bertz CT molecular complexity index is 2110. The Labute approximate surface area is 302 Å². The fourth-order valence-corrected chi connectivity index (χ4v) is 8.03. The summed E-state index contributed by atoms with van der Waals surface area (Å²) in [5.41, 5.74) is -1.75. The second-order valence-electron chi connectivity index (χ2n) is 14.5. The minimum atomic E-state index is -2.67. The number of Topliss-reactive ketones (excluding diaryl/α,β-unsaturated/α-hetero) is 1. The molecule has 0 heterocycles. The molecule has 51 heavy (non-hydrogen) atoms. The summed E-state index contributed by atoms with van der Waals surface area (Å²) in [6.45, 7) is 2.25. The molecule has 264 valence electrons. The van der Waals surface area contributed by atoms with E-state index < -0.39 is 23.3 Å². The van der Waals surface area contributed by atoms with E-state index in [4.69, 9.17) is 0 Å². The van der Waals surface area contributed by atoms with E-state index >= 15 is 0 Å². The van der Waals surface area contributed by atoms with Gasteiger partial charge in [-0.25, -0.2) is 4.79 Å². The molecule has 0 saturated heterocycles. The second-order valence-corrected chi connectivity index (χ2v) is 14.5. The van der Waals surface area contributed by atoms with Gasteiger partial charge >= 0.3 is 5.97 Å². The summed E-state index contributed by atoms with van der Waals surface area (Å²) in [5.74, 6) is -3.23. The van der Waals surface area contributed by atoms with Crippen LogP contribution in [0, 0.1) is 0 Å². The number of unbranched alkanes of at least 4 members (excludes halogenated alkanes) is 12. The van der Waals surface area contributed by atoms with Gasteiger partial charge in [-0.1, -0.05) is 175 Å². The molecule has 0 fully saturated rings. The van der Waals surface area contributed by atoms with Crippen LogP contribution < -0.4 is 0 Å². The SMILES string of the molecule is CCCCCCCCCCCCCCCC(c1cccc2cc3ccccc3cc12)C(O)(C(=O)O)C(=O)c1cccc2cc3ccccc3cc12. The molecule has 0 aliphatic rings. The fraction of sp³-hybridized carbons (Fsp3) is 0.362. The van der Waals surface area contributed by atoms with E-state index in [0.29, 0.717) is 17.4 Å². The third-order valence-corrected chi connectivity index (χ3v) is 10.9. The molecule has 2 unspecified atom stereocenters. The first-order valence-corrected chi connectivity index (χ1v) is 19.3. The van der Waals surface area contributed by atoms with Crippen molar-refractivity contribution in [2.45, 2.75) is 108 Å². The van der Waals surface area contributed by atoms with Crippen LogP contribution in [0.15, 0.2) is 109 Å². The van der Waals surface area contributed by atoms with Crippen LogP contribution in [-0.4, -0.2) is 27.6 Å². The van der Waals surface area contributed by atoms with Crippen molar-refractivity contribution in [1.82, 2.24) is 0 Å². The summed E-state index contributed by atoms with van der Waals surface area (Å²) in [6, 6.07) is 35.4. The zero-order valence-electron chi connectivity index (χ0n) is 30.1. The molecule has 0 aliphatic carbocycles. The molecule has 0 spiro atoms. The summed E-state index contributed by atoms with van der Waals surface area (Å²) in [7, 11) is 0. The van der Waals surface area contributed by atoms with E-state index in [1.54, 1.807) is 12.1 Å². The molecule has 0 amide bonds. The number of carboxylic acid groups (broad SMARTS) is 1. The number of benzene rings is 6. The van der Waals surface area contributed by atoms with Crippen molar-refractivity contribution in [3.8, 4) is 0 Å². The molecule has 0 radical (unpaired) electrons. The lowest BCUT2D eigenvalue weighted by molar-refractivity contribution is -0.155. The van der Waals surface area contributed by atoms with Crippen molar-refractivity contribution in [1.29, 1.82) is 0 Å². The van der Waals surface area contributed by atoms with Crippen molar-refractivity contribution in [2.75, 3.05) is 0 Å². The summed E-state index contributed by atoms with van der Waals surface area (Å²) < 4.78 is 0. The summed E-state index contributed by atoms with van der Waals surface area (Å²) in [6.07, 6.45) is 16.0. The second kappa shape index (κ2) is 17.1. The number of ketones is 1. The van der Waals surface area contributed by atoms with Gasteiger partial charge in [0.15, 0.2) is 0 Å². The smallest absolute Gasteiger partial charge is 0.344 e. The van der Waals surface area contributed by atoms with Crippen molar-refractivity contribution in [2.24, 2.45) is 0 Å². The molecule has 0 saturated carbocycles. The van der Waals surface area contributed by atoms with Gasteiger partial charge in [0.2, 0.25) is 11.4 Å². The zero-order chi connectivity index (χ0) is 35.6. The molecule has 4 heteroatoms. The van der Waals surface area contributed by atoms with E-state index in [1.807, 2.05) is 78.9 Å². The lowest BCUT2D eigenvalue weighted by atomic mass is 9.72. The molecule has 6 aromatic rings. The maximum atomic E-state index is 14.7. The van der Waals surface area contributed by atoms with Gasteiger partial charge in [0.25, 0.3) is 0 Å². The van der Waals surface area contributed by atoms with Gasteiger partial charge in [-0.15, -0.1) is 0 Å². The van der Waals surface area contributed by atoms with Crippen molar-refractivity contribution >= 4 is 54.8 Å². The van der Waals surface area contributed by atoms with E-state index in [9.17, 15) is 19.8 Å². The van der Waals surface area contributed by atoms with Gasteiger partial charge in [-0.05, 0) is 79.3 Å². The van der Waals surface area contributed by atoms with Crippen LogP contribution in [0.2, 0.25) is 0 Å². The van der Waals surface area contributed by atoms with E-state index in [1.165, 1.54) is 57.8 Å². The van der Waals surface area contributed by atoms with Gasteiger partial charge in [-0.3, -0.25) is 4.79 Å². The fourth-order valence-electron chi connectivity index (χ4n) is 8.03. The Hall–Kier alpha value is -4.54. The van der Waals surface area contributed by atoms with Crippen LogP contribution in [0.1, 0.15) is 119 Å². The largest absolute Gasteiger partial charge is 0.479 e. The van der Waals surface area contributed by atoms with Gasteiger partial charge in [0.1, 0.15) is 0 Å². The number of rotatable bonds is 19. The van der Waals surface area contributed by atoms with E-state index in [2.05, 4.69) is 25.1 Å². The van der Waals surface area contributed by atoms with Crippen LogP contribution in [0.4, 0.5) is 0 Å². The Morgan fingerprint density at radius 2 is 0.961 bits per heavy atom. The van der Waals surface area contributed by atoms with Crippen molar-refractivity contribution in [3.63, 3.8) is 0 Å².